The third-order valence-electron chi connectivity index (χ3n) is 6.65. The molecule has 1 saturated carbocycles. The second-order valence-electron chi connectivity index (χ2n) is 9.54. The van der Waals surface area contributed by atoms with Crippen LogP contribution in [0.25, 0.3) is 0 Å². The highest BCUT2D eigenvalue weighted by atomic mass is 32.2. The number of hydrogen-bond acceptors (Lipinski definition) is 5. The summed E-state index contributed by atoms with van der Waals surface area (Å²) in [5.41, 5.74) is 1.45. The molecule has 2 amide bonds. The summed E-state index contributed by atoms with van der Waals surface area (Å²) < 4.78 is 31.7. The van der Waals surface area contributed by atoms with Crippen LogP contribution in [0.1, 0.15) is 57.9 Å². The first-order chi connectivity index (χ1) is 17.7. The molecule has 0 radical (unpaired) electrons. The molecule has 0 bridgehead atoms. The normalized spacial score (nSPS) is 14.7. The molecule has 0 heterocycles. The molecule has 1 aliphatic carbocycles. The SMILES string of the molecule is CCOc1ccc(N(CCCC(=O)N(Cc2ccccc2)[C@@H](C)C(=O)NC2CCCC2)S(C)(=O)=O)cc1. The molecule has 202 valence electrons. The smallest absolute Gasteiger partial charge is 0.242 e. The van der Waals surface area contributed by atoms with Gasteiger partial charge < -0.3 is 15.0 Å². The van der Waals surface area contributed by atoms with Crippen molar-refractivity contribution in [3.05, 3.63) is 60.2 Å². The van der Waals surface area contributed by atoms with Crippen LogP contribution in [0.4, 0.5) is 5.69 Å². The van der Waals surface area contributed by atoms with E-state index in [2.05, 4.69) is 5.32 Å². The summed E-state index contributed by atoms with van der Waals surface area (Å²) >= 11 is 0. The highest BCUT2D eigenvalue weighted by molar-refractivity contribution is 7.92. The van der Waals surface area contributed by atoms with Gasteiger partial charge in [0.25, 0.3) is 0 Å². The maximum atomic E-state index is 13.4. The van der Waals surface area contributed by atoms with Gasteiger partial charge >= 0.3 is 0 Å². The minimum atomic E-state index is -3.55. The van der Waals surface area contributed by atoms with Crippen molar-refractivity contribution in [2.24, 2.45) is 0 Å². The van der Waals surface area contributed by atoms with Crippen molar-refractivity contribution in [1.82, 2.24) is 10.2 Å². The molecule has 1 fully saturated rings. The zero-order valence-corrected chi connectivity index (χ0v) is 22.9. The maximum absolute atomic E-state index is 13.4. The van der Waals surface area contributed by atoms with E-state index >= 15 is 0 Å². The van der Waals surface area contributed by atoms with E-state index in [9.17, 15) is 18.0 Å². The summed E-state index contributed by atoms with van der Waals surface area (Å²) in [5, 5.41) is 3.10. The number of nitrogens with one attached hydrogen (secondary N) is 1. The summed E-state index contributed by atoms with van der Waals surface area (Å²) in [7, 11) is -3.55. The zero-order chi connectivity index (χ0) is 26.8. The van der Waals surface area contributed by atoms with Gasteiger partial charge in [-0.2, -0.15) is 0 Å². The van der Waals surface area contributed by atoms with Crippen LogP contribution >= 0.6 is 0 Å². The Morgan fingerprint density at radius 2 is 1.70 bits per heavy atom. The maximum Gasteiger partial charge on any atom is 0.242 e. The Kier molecular flexibility index (Phi) is 10.4. The van der Waals surface area contributed by atoms with Gasteiger partial charge in [-0.3, -0.25) is 13.9 Å². The van der Waals surface area contributed by atoms with Gasteiger partial charge in [-0.05, 0) is 62.9 Å². The molecule has 0 aromatic heterocycles. The summed E-state index contributed by atoms with van der Waals surface area (Å²) in [6.45, 7) is 4.63. The molecular weight excluding hydrogens is 490 g/mol. The predicted octanol–water partition coefficient (Wildman–Crippen LogP) is 4.11. The Hall–Kier alpha value is -3.07. The highest BCUT2D eigenvalue weighted by Crippen LogP contribution is 2.23. The van der Waals surface area contributed by atoms with Crippen LogP contribution in [-0.2, 0) is 26.2 Å². The van der Waals surface area contributed by atoms with E-state index < -0.39 is 16.1 Å². The summed E-state index contributed by atoms with van der Waals surface area (Å²) in [5.74, 6) is 0.331. The molecule has 1 N–H and O–H groups in total. The molecule has 0 spiro atoms. The average molecular weight is 530 g/mol. The average Bonchev–Trinajstić information content (AvgIpc) is 3.38. The number of amides is 2. The Balaban J connectivity index is 1.68. The van der Waals surface area contributed by atoms with Crippen molar-refractivity contribution in [1.29, 1.82) is 0 Å². The molecular formula is C28H39N3O5S. The number of nitrogens with zero attached hydrogens (tertiary/aromatic N) is 2. The Morgan fingerprint density at radius 1 is 1.05 bits per heavy atom. The van der Waals surface area contributed by atoms with Gasteiger partial charge in [-0.25, -0.2) is 8.42 Å². The molecule has 1 atom stereocenters. The minimum absolute atomic E-state index is 0.122. The fourth-order valence-electron chi connectivity index (χ4n) is 4.63. The van der Waals surface area contributed by atoms with Gasteiger partial charge in [0.2, 0.25) is 21.8 Å². The summed E-state index contributed by atoms with van der Waals surface area (Å²) in [4.78, 5) is 28.0. The van der Waals surface area contributed by atoms with Crippen molar-refractivity contribution in [3.8, 4) is 5.75 Å². The van der Waals surface area contributed by atoms with E-state index in [1.165, 1.54) is 4.31 Å². The fourth-order valence-corrected chi connectivity index (χ4v) is 5.60. The minimum Gasteiger partial charge on any atom is -0.494 e. The van der Waals surface area contributed by atoms with E-state index in [4.69, 9.17) is 4.74 Å². The Morgan fingerprint density at radius 3 is 2.30 bits per heavy atom. The van der Waals surface area contributed by atoms with Gasteiger partial charge in [-0.1, -0.05) is 43.2 Å². The molecule has 0 aliphatic heterocycles. The zero-order valence-electron chi connectivity index (χ0n) is 22.1. The van der Waals surface area contributed by atoms with E-state index in [1.807, 2.05) is 37.3 Å². The second kappa shape index (κ2) is 13.5. The van der Waals surface area contributed by atoms with Crippen LogP contribution in [0.15, 0.2) is 54.6 Å². The summed E-state index contributed by atoms with van der Waals surface area (Å²) in [6.07, 6.45) is 5.75. The molecule has 9 heteroatoms. The third-order valence-corrected chi connectivity index (χ3v) is 7.85. The summed E-state index contributed by atoms with van der Waals surface area (Å²) in [6, 6.07) is 16.0. The van der Waals surface area contributed by atoms with Gasteiger partial charge in [0, 0.05) is 25.6 Å². The van der Waals surface area contributed by atoms with Gasteiger partial charge in [0.05, 0.1) is 18.6 Å². The van der Waals surface area contributed by atoms with Crippen LogP contribution in [0.3, 0.4) is 0 Å². The number of rotatable bonds is 13. The largest absolute Gasteiger partial charge is 0.494 e. The van der Waals surface area contributed by atoms with Crippen LogP contribution in [0.2, 0.25) is 0 Å². The first kappa shape index (κ1) is 28.5. The second-order valence-corrected chi connectivity index (χ2v) is 11.4. The van der Waals surface area contributed by atoms with Crippen molar-refractivity contribution in [3.63, 3.8) is 0 Å². The molecule has 1 aliphatic rings. The van der Waals surface area contributed by atoms with E-state index in [1.54, 1.807) is 36.1 Å². The standard InChI is InChI=1S/C28H39N3O5S/c1-4-36-26-18-16-25(17-19-26)31(37(3,34)35)20-10-15-27(32)30(21-23-11-6-5-7-12-23)22(2)28(33)29-24-13-8-9-14-24/h5-7,11-12,16-19,22,24H,4,8-10,13-15,20-21H2,1-3H3,(H,29,33)/t22-/m0/s1. The Labute approximate surface area is 221 Å². The van der Waals surface area contributed by atoms with Crippen molar-refractivity contribution in [2.45, 2.75) is 71.0 Å². The molecule has 3 rings (SSSR count). The van der Waals surface area contributed by atoms with Crippen molar-refractivity contribution >= 4 is 27.5 Å². The quantitative estimate of drug-likeness (QED) is 0.421. The van der Waals surface area contributed by atoms with Crippen LogP contribution in [0.5, 0.6) is 5.75 Å². The van der Waals surface area contributed by atoms with E-state index in [0.717, 1.165) is 37.5 Å². The molecule has 2 aromatic carbocycles. The topological polar surface area (TPSA) is 96.0 Å². The molecule has 0 unspecified atom stereocenters. The first-order valence-corrected chi connectivity index (χ1v) is 14.9. The van der Waals surface area contributed by atoms with Crippen molar-refractivity contribution < 1.29 is 22.7 Å². The molecule has 8 nitrogen and oxygen atoms in total. The lowest BCUT2D eigenvalue weighted by Gasteiger charge is -2.30. The highest BCUT2D eigenvalue weighted by Gasteiger charge is 2.28. The van der Waals surface area contributed by atoms with Crippen molar-refractivity contribution in [2.75, 3.05) is 23.7 Å². The van der Waals surface area contributed by atoms with Crippen LogP contribution in [0, 0.1) is 0 Å². The molecule has 0 saturated heterocycles. The monoisotopic (exact) mass is 529 g/mol. The van der Waals surface area contributed by atoms with E-state index in [0.29, 0.717) is 31.0 Å². The number of carbonyl (C=O) groups excluding carboxylic acids is 2. The van der Waals surface area contributed by atoms with Crippen LogP contribution in [-0.4, -0.2) is 56.6 Å². The Bertz CT molecular complexity index is 1120. The van der Waals surface area contributed by atoms with Gasteiger partial charge in [0.1, 0.15) is 11.8 Å². The lowest BCUT2D eigenvalue weighted by atomic mass is 10.1. The number of carbonyl (C=O) groups is 2. The van der Waals surface area contributed by atoms with Crippen LogP contribution < -0.4 is 14.4 Å². The fraction of sp³-hybridized carbons (Fsp3) is 0.500. The molecule has 2 aromatic rings. The lowest BCUT2D eigenvalue weighted by Crippen LogP contribution is -2.49. The van der Waals surface area contributed by atoms with Gasteiger partial charge in [-0.15, -0.1) is 0 Å². The number of ether oxygens (including phenoxy) is 1. The van der Waals surface area contributed by atoms with Gasteiger partial charge in [0.15, 0.2) is 0 Å². The van der Waals surface area contributed by atoms with E-state index in [-0.39, 0.29) is 30.8 Å². The number of benzene rings is 2. The third kappa shape index (κ3) is 8.49. The first-order valence-electron chi connectivity index (χ1n) is 13.0. The lowest BCUT2D eigenvalue weighted by molar-refractivity contribution is -0.141. The molecule has 37 heavy (non-hydrogen) atoms. The number of anilines is 1. The number of sulfonamides is 1. The predicted molar refractivity (Wildman–Crippen MR) is 146 cm³/mol. The number of hydrogen-bond donors (Lipinski definition) is 1.